The highest BCUT2D eigenvalue weighted by atomic mass is 19.1. The van der Waals surface area contributed by atoms with E-state index in [0.29, 0.717) is 11.1 Å². The molecule has 0 saturated heterocycles. The number of hydrogen-bond acceptors (Lipinski definition) is 1. The van der Waals surface area contributed by atoms with Crippen molar-refractivity contribution in [1.29, 1.82) is 0 Å². The molecular formula is C22H19FO. The lowest BCUT2D eigenvalue weighted by atomic mass is 9.83. The van der Waals surface area contributed by atoms with Crippen molar-refractivity contribution < 1.29 is 9.18 Å². The number of aryl methyl sites for hydroxylation is 2. The molecule has 0 saturated carbocycles. The fourth-order valence-corrected chi connectivity index (χ4v) is 3.13. The Bertz CT molecular complexity index is 848. The standard InChI is InChI=1S/C22H19FO/c1-15-12-16(2)14-18(13-15)21(19-10-6-7-11-20(19)23)22(24)17-8-4-3-5-9-17/h3-14,21H,1-2H3. The predicted molar refractivity (Wildman–Crippen MR) is 94.9 cm³/mol. The van der Waals surface area contributed by atoms with Crippen molar-refractivity contribution in [3.8, 4) is 0 Å². The van der Waals surface area contributed by atoms with Crippen molar-refractivity contribution in [3.05, 3.63) is 106 Å². The number of rotatable bonds is 4. The average Bonchev–Trinajstić information content (AvgIpc) is 2.57. The van der Waals surface area contributed by atoms with Crippen LogP contribution in [0.3, 0.4) is 0 Å². The quantitative estimate of drug-likeness (QED) is 0.584. The van der Waals surface area contributed by atoms with Crippen molar-refractivity contribution >= 4 is 5.78 Å². The Hall–Kier alpha value is -2.74. The molecule has 0 heterocycles. The molecule has 0 aromatic heterocycles. The number of hydrogen-bond donors (Lipinski definition) is 0. The van der Waals surface area contributed by atoms with Gasteiger partial charge in [-0.05, 0) is 25.5 Å². The maximum Gasteiger partial charge on any atom is 0.174 e. The van der Waals surface area contributed by atoms with Crippen LogP contribution in [-0.2, 0) is 0 Å². The van der Waals surface area contributed by atoms with Crippen LogP contribution in [0.25, 0.3) is 0 Å². The zero-order valence-electron chi connectivity index (χ0n) is 13.8. The highest BCUT2D eigenvalue weighted by Gasteiger charge is 2.26. The van der Waals surface area contributed by atoms with Gasteiger partial charge >= 0.3 is 0 Å². The highest BCUT2D eigenvalue weighted by molar-refractivity contribution is 6.03. The second kappa shape index (κ2) is 6.79. The van der Waals surface area contributed by atoms with Gasteiger partial charge in [-0.15, -0.1) is 0 Å². The van der Waals surface area contributed by atoms with Crippen molar-refractivity contribution in [2.75, 3.05) is 0 Å². The summed E-state index contributed by atoms with van der Waals surface area (Å²) in [7, 11) is 0. The minimum atomic E-state index is -0.646. The van der Waals surface area contributed by atoms with Gasteiger partial charge in [0.2, 0.25) is 0 Å². The van der Waals surface area contributed by atoms with Crippen LogP contribution in [0.5, 0.6) is 0 Å². The van der Waals surface area contributed by atoms with Crippen LogP contribution in [0, 0.1) is 19.7 Å². The zero-order valence-corrected chi connectivity index (χ0v) is 13.8. The van der Waals surface area contributed by atoms with E-state index >= 15 is 0 Å². The van der Waals surface area contributed by atoms with Gasteiger partial charge in [0, 0.05) is 11.1 Å². The number of carbonyl (C=O) groups is 1. The molecule has 2 heteroatoms. The largest absolute Gasteiger partial charge is 0.293 e. The Labute approximate surface area is 141 Å². The highest BCUT2D eigenvalue weighted by Crippen LogP contribution is 2.31. The van der Waals surface area contributed by atoms with Crippen LogP contribution in [0.2, 0.25) is 0 Å². The minimum absolute atomic E-state index is 0.0919. The van der Waals surface area contributed by atoms with Gasteiger partial charge in [0.1, 0.15) is 5.82 Å². The molecule has 0 bridgehead atoms. The van der Waals surface area contributed by atoms with Gasteiger partial charge in [-0.1, -0.05) is 77.9 Å². The van der Waals surface area contributed by atoms with E-state index < -0.39 is 5.92 Å². The Kier molecular flexibility index (Phi) is 4.57. The summed E-state index contributed by atoms with van der Waals surface area (Å²) in [5.74, 6) is -1.09. The third kappa shape index (κ3) is 3.28. The van der Waals surface area contributed by atoms with Crippen LogP contribution >= 0.6 is 0 Å². The molecule has 0 aliphatic carbocycles. The van der Waals surface area contributed by atoms with Crippen LogP contribution in [0.15, 0.2) is 72.8 Å². The molecule has 120 valence electrons. The van der Waals surface area contributed by atoms with Crippen LogP contribution < -0.4 is 0 Å². The number of ketones is 1. The SMILES string of the molecule is Cc1cc(C)cc(C(C(=O)c2ccccc2)c2ccccc2F)c1. The van der Waals surface area contributed by atoms with Gasteiger partial charge in [0.15, 0.2) is 5.78 Å². The molecule has 1 unspecified atom stereocenters. The van der Waals surface area contributed by atoms with Crippen molar-refractivity contribution in [1.82, 2.24) is 0 Å². The first kappa shape index (κ1) is 16.1. The van der Waals surface area contributed by atoms with Gasteiger partial charge in [-0.2, -0.15) is 0 Å². The number of Topliss-reactive ketones (excluding diaryl/α,β-unsaturated/α-hetero) is 1. The fraction of sp³-hybridized carbons (Fsp3) is 0.136. The second-order valence-electron chi connectivity index (χ2n) is 6.11. The summed E-state index contributed by atoms with van der Waals surface area (Å²) < 4.78 is 14.5. The number of halogens is 1. The third-order valence-corrected chi connectivity index (χ3v) is 4.11. The van der Waals surface area contributed by atoms with Crippen LogP contribution in [-0.4, -0.2) is 5.78 Å². The molecule has 3 aromatic rings. The van der Waals surface area contributed by atoms with Crippen LogP contribution in [0.4, 0.5) is 4.39 Å². The Morgan fingerprint density at radius 1 is 0.833 bits per heavy atom. The Balaban J connectivity index is 2.18. The zero-order chi connectivity index (χ0) is 17.1. The van der Waals surface area contributed by atoms with Crippen LogP contribution in [0.1, 0.15) is 38.5 Å². The molecule has 0 fully saturated rings. The molecule has 3 rings (SSSR count). The first-order valence-corrected chi connectivity index (χ1v) is 7.98. The lowest BCUT2D eigenvalue weighted by molar-refractivity contribution is 0.0972. The number of benzene rings is 3. The van der Waals surface area contributed by atoms with Crippen molar-refractivity contribution in [2.45, 2.75) is 19.8 Å². The summed E-state index contributed by atoms with van der Waals surface area (Å²) in [5, 5.41) is 0. The van der Waals surface area contributed by atoms with Gasteiger partial charge in [0.05, 0.1) is 5.92 Å². The summed E-state index contributed by atoms with van der Waals surface area (Å²) >= 11 is 0. The molecule has 1 nitrogen and oxygen atoms in total. The van der Waals surface area contributed by atoms with Crippen molar-refractivity contribution in [3.63, 3.8) is 0 Å². The van der Waals surface area contributed by atoms with E-state index in [-0.39, 0.29) is 11.6 Å². The van der Waals surface area contributed by atoms with Gasteiger partial charge in [0.25, 0.3) is 0 Å². The number of carbonyl (C=O) groups excluding carboxylic acids is 1. The lowest BCUT2D eigenvalue weighted by Gasteiger charge is -2.19. The summed E-state index contributed by atoms with van der Waals surface area (Å²) in [5.41, 5.74) is 3.95. The molecule has 3 aromatic carbocycles. The molecule has 0 spiro atoms. The summed E-state index contributed by atoms with van der Waals surface area (Å²) in [4.78, 5) is 13.2. The average molecular weight is 318 g/mol. The van der Waals surface area contributed by atoms with Gasteiger partial charge < -0.3 is 0 Å². The predicted octanol–water partition coefficient (Wildman–Crippen LogP) is 5.46. The van der Waals surface area contributed by atoms with E-state index in [4.69, 9.17) is 0 Å². The first-order valence-electron chi connectivity index (χ1n) is 7.98. The third-order valence-electron chi connectivity index (χ3n) is 4.11. The Morgan fingerprint density at radius 2 is 1.42 bits per heavy atom. The molecule has 0 N–H and O–H groups in total. The molecule has 0 aliphatic heterocycles. The van der Waals surface area contributed by atoms with E-state index in [1.807, 2.05) is 44.2 Å². The van der Waals surface area contributed by atoms with Gasteiger partial charge in [-0.25, -0.2) is 4.39 Å². The normalized spacial score (nSPS) is 12.0. The first-order chi connectivity index (χ1) is 11.6. The van der Waals surface area contributed by atoms with Crippen molar-refractivity contribution in [2.24, 2.45) is 0 Å². The molecule has 0 amide bonds. The lowest BCUT2D eigenvalue weighted by Crippen LogP contribution is -2.16. The molecule has 24 heavy (non-hydrogen) atoms. The topological polar surface area (TPSA) is 17.1 Å². The maximum atomic E-state index is 14.5. The Morgan fingerprint density at radius 3 is 2.04 bits per heavy atom. The molecule has 0 aliphatic rings. The summed E-state index contributed by atoms with van der Waals surface area (Å²) in [6, 6.07) is 21.6. The molecular weight excluding hydrogens is 299 g/mol. The van der Waals surface area contributed by atoms with Gasteiger partial charge in [-0.3, -0.25) is 4.79 Å². The monoisotopic (exact) mass is 318 g/mol. The van der Waals surface area contributed by atoms with E-state index in [1.54, 1.807) is 30.3 Å². The second-order valence-corrected chi connectivity index (χ2v) is 6.11. The summed E-state index contributed by atoms with van der Waals surface area (Å²) in [6.07, 6.45) is 0. The van der Waals surface area contributed by atoms with E-state index in [2.05, 4.69) is 6.07 Å². The minimum Gasteiger partial charge on any atom is -0.293 e. The molecule has 0 radical (unpaired) electrons. The van der Waals surface area contributed by atoms with E-state index in [0.717, 1.165) is 16.7 Å². The van der Waals surface area contributed by atoms with E-state index in [9.17, 15) is 9.18 Å². The fourth-order valence-electron chi connectivity index (χ4n) is 3.13. The summed E-state index contributed by atoms with van der Waals surface area (Å²) in [6.45, 7) is 3.98. The van der Waals surface area contributed by atoms with E-state index in [1.165, 1.54) is 6.07 Å². The molecule has 1 atom stereocenters. The maximum absolute atomic E-state index is 14.5. The smallest absolute Gasteiger partial charge is 0.174 e.